The molecule has 37 heavy (non-hydrogen) atoms. The van der Waals surface area contributed by atoms with E-state index in [4.69, 9.17) is 16.3 Å². The van der Waals surface area contributed by atoms with Gasteiger partial charge in [-0.2, -0.15) is 5.10 Å². The van der Waals surface area contributed by atoms with E-state index in [9.17, 15) is 9.59 Å². The van der Waals surface area contributed by atoms with Gasteiger partial charge in [0.15, 0.2) is 5.52 Å². The third-order valence-corrected chi connectivity index (χ3v) is 7.36. The van der Waals surface area contributed by atoms with Crippen molar-refractivity contribution in [3.05, 3.63) is 74.9 Å². The fraction of sp³-hybridized carbons (Fsp3) is 0.333. The standard InChI is InChI=1S/C27H27ClN6O3/c1-15-13-33(8-7-19(15)16-3-6-21(29-11-16)26(35)31-18-4-5-18)14-17-9-22-23(10-24(17)37-2)34-25(27(36)32-22)20(28)12-30-34/h3,6-7,9-12,15,18H,4-5,8,13-14H2,1-2H3,(H,31,35)(H,32,36). The van der Waals surface area contributed by atoms with E-state index in [0.717, 1.165) is 48.3 Å². The van der Waals surface area contributed by atoms with Crippen molar-refractivity contribution < 1.29 is 9.53 Å². The van der Waals surface area contributed by atoms with Crippen molar-refractivity contribution in [1.82, 2.24) is 29.8 Å². The topological polar surface area (TPSA) is 105 Å². The van der Waals surface area contributed by atoms with E-state index in [1.165, 1.54) is 11.8 Å². The molecule has 10 heteroatoms. The van der Waals surface area contributed by atoms with Crippen LogP contribution in [-0.2, 0) is 6.54 Å². The maximum Gasteiger partial charge on any atom is 0.276 e. The maximum absolute atomic E-state index is 12.6. The van der Waals surface area contributed by atoms with Gasteiger partial charge in [-0.1, -0.05) is 30.7 Å². The van der Waals surface area contributed by atoms with Gasteiger partial charge in [0.25, 0.3) is 11.5 Å². The number of aromatic nitrogens is 4. The van der Waals surface area contributed by atoms with Gasteiger partial charge in [0.2, 0.25) is 0 Å². The number of aromatic amines is 1. The van der Waals surface area contributed by atoms with Crippen LogP contribution >= 0.6 is 11.6 Å². The van der Waals surface area contributed by atoms with Crippen LogP contribution in [0.2, 0.25) is 5.02 Å². The molecule has 0 spiro atoms. The van der Waals surface area contributed by atoms with Crippen LogP contribution in [0.4, 0.5) is 0 Å². The SMILES string of the molecule is COc1cc2c(cc1CN1CC=C(c3ccc(C(=O)NC4CC4)nc3)C(C)C1)[nH]c(=O)c1c(Cl)cnn12. The molecule has 1 fully saturated rings. The number of H-pyrrole nitrogens is 1. The molecule has 6 rings (SSSR count). The van der Waals surface area contributed by atoms with Crippen LogP contribution in [0.25, 0.3) is 22.1 Å². The first-order valence-corrected chi connectivity index (χ1v) is 12.7. The van der Waals surface area contributed by atoms with Crippen LogP contribution in [0.5, 0.6) is 5.75 Å². The van der Waals surface area contributed by atoms with Crippen LogP contribution in [-0.4, -0.2) is 56.6 Å². The molecule has 1 amide bonds. The number of carbonyl (C=O) groups excluding carboxylic acids is 1. The van der Waals surface area contributed by atoms with Crippen LogP contribution in [0.1, 0.15) is 41.4 Å². The number of benzene rings is 1. The van der Waals surface area contributed by atoms with Gasteiger partial charge in [-0.15, -0.1) is 0 Å². The van der Waals surface area contributed by atoms with Gasteiger partial charge in [0, 0.05) is 43.5 Å². The van der Waals surface area contributed by atoms with Gasteiger partial charge in [-0.05, 0) is 42.0 Å². The Morgan fingerprint density at radius 1 is 1.27 bits per heavy atom. The summed E-state index contributed by atoms with van der Waals surface area (Å²) in [5, 5.41) is 7.55. The molecule has 4 heterocycles. The molecular weight excluding hydrogens is 492 g/mol. The summed E-state index contributed by atoms with van der Waals surface area (Å²) in [6.07, 6.45) is 7.59. The molecule has 2 N–H and O–H groups in total. The highest BCUT2D eigenvalue weighted by molar-refractivity contribution is 6.33. The van der Waals surface area contributed by atoms with E-state index >= 15 is 0 Å². The summed E-state index contributed by atoms with van der Waals surface area (Å²) < 4.78 is 7.26. The second kappa shape index (κ2) is 9.32. The van der Waals surface area contributed by atoms with E-state index in [0.29, 0.717) is 34.3 Å². The van der Waals surface area contributed by atoms with Gasteiger partial charge in [-0.25, -0.2) is 4.52 Å². The molecule has 1 saturated carbocycles. The fourth-order valence-corrected chi connectivity index (χ4v) is 5.26. The van der Waals surface area contributed by atoms with Crippen molar-refractivity contribution >= 4 is 39.6 Å². The fourth-order valence-electron chi connectivity index (χ4n) is 5.05. The number of nitrogens with zero attached hydrogens (tertiary/aromatic N) is 4. The number of rotatable bonds is 6. The van der Waals surface area contributed by atoms with Crippen molar-refractivity contribution in [2.45, 2.75) is 32.4 Å². The Morgan fingerprint density at radius 2 is 2.11 bits per heavy atom. The number of methoxy groups -OCH3 is 1. The van der Waals surface area contributed by atoms with Crippen molar-refractivity contribution in [1.29, 1.82) is 0 Å². The molecule has 0 radical (unpaired) electrons. The molecule has 0 saturated heterocycles. The number of fused-ring (bicyclic) bond motifs is 3. The van der Waals surface area contributed by atoms with Crippen LogP contribution in [0.15, 0.2) is 47.5 Å². The third-order valence-electron chi connectivity index (χ3n) is 7.08. The van der Waals surface area contributed by atoms with Gasteiger partial charge in [0.05, 0.1) is 29.4 Å². The number of pyridine rings is 1. The highest BCUT2D eigenvalue weighted by Crippen LogP contribution is 2.31. The summed E-state index contributed by atoms with van der Waals surface area (Å²) in [5.74, 6) is 0.894. The van der Waals surface area contributed by atoms with Crippen LogP contribution in [0, 0.1) is 5.92 Å². The van der Waals surface area contributed by atoms with Crippen molar-refractivity contribution in [2.24, 2.45) is 5.92 Å². The molecule has 0 bridgehead atoms. The minimum Gasteiger partial charge on any atom is -0.496 e. The van der Waals surface area contributed by atoms with E-state index in [-0.39, 0.29) is 17.4 Å². The summed E-state index contributed by atoms with van der Waals surface area (Å²) in [4.78, 5) is 34.5. The monoisotopic (exact) mass is 518 g/mol. The minimum absolute atomic E-state index is 0.104. The summed E-state index contributed by atoms with van der Waals surface area (Å²) in [6.45, 7) is 4.46. The highest BCUT2D eigenvalue weighted by Gasteiger charge is 2.25. The second-order valence-electron chi connectivity index (χ2n) is 9.82. The third kappa shape index (κ3) is 4.49. The summed E-state index contributed by atoms with van der Waals surface area (Å²) in [5.41, 5.74) is 5.12. The number of halogens is 1. The molecule has 9 nitrogen and oxygen atoms in total. The lowest BCUT2D eigenvalue weighted by Crippen LogP contribution is -2.33. The Hall–Kier alpha value is -3.69. The molecule has 1 aliphatic carbocycles. The molecule has 3 aromatic heterocycles. The molecular formula is C27H27ClN6O3. The van der Waals surface area contributed by atoms with Gasteiger partial charge < -0.3 is 15.0 Å². The van der Waals surface area contributed by atoms with E-state index < -0.39 is 0 Å². The molecule has 1 aromatic carbocycles. The number of hydrogen-bond donors (Lipinski definition) is 2. The van der Waals surface area contributed by atoms with Crippen molar-refractivity contribution in [2.75, 3.05) is 20.2 Å². The van der Waals surface area contributed by atoms with E-state index in [1.807, 2.05) is 18.2 Å². The number of amides is 1. The first kappa shape index (κ1) is 23.7. The zero-order chi connectivity index (χ0) is 25.7. The normalized spacial score (nSPS) is 18.2. The van der Waals surface area contributed by atoms with E-state index in [2.05, 4.69) is 38.3 Å². The predicted octanol–water partition coefficient (Wildman–Crippen LogP) is 3.66. The van der Waals surface area contributed by atoms with Crippen LogP contribution in [0.3, 0.4) is 0 Å². The molecule has 1 aliphatic heterocycles. The summed E-state index contributed by atoms with van der Waals surface area (Å²) in [7, 11) is 1.64. The zero-order valence-corrected chi connectivity index (χ0v) is 21.4. The Kier molecular flexibility index (Phi) is 5.97. The molecule has 1 atom stereocenters. The Balaban J connectivity index is 1.22. The number of carbonyl (C=O) groups is 1. The molecule has 4 aromatic rings. The number of hydrogen-bond acceptors (Lipinski definition) is 6. The smallest absolute Gasteiger partial charge is 0.276 e. The lowest BCUT2D eigenvalue weighted by molar-refractivity contribution is 0.0946. The van der Waals surface area contributed by atoms with Gasteiger partial charge in [-0.3, -0.25) is 19.5 Å². The van der Waals surface area contributed by atoms with Crippen molar-refractivity contribution in [3.8, 4) is 5.75 Å². The summed E-state index contributed by atoms with van der Waals surface area (Å²) in [6, 6.07) is 7.93. The van der Waals surface area contributed by atoms with Gasteiger partial charge in [0.1, 0.15) is 11.4 Å². The highest BCUT2D eigenvalue weighted by atomic mass is 35.5. The minimum atomic E-state index is -0.282. The lowest BCUT2D eigenvalue weighted by Gasteiger charge is -2.31. The Bertz CT molecular complexity index is 1600. The van der Waals surface area contributed by atoms with Gasteiger partial charge >= 0.3 is 0 Å². The Labute approximate surface area is 218 Å². The average Bonchev–Trinajstić information content (AvgIpc) is 3.62. The average molecular weight is 519 g/mol. The number of nitrogens with one attached hydrogen (secondary N) is 2. The quantitative estimate of drug-likeness (QED) is 0.403. The largest absolute Gasteiger partial charge is 0.496 e. The Morgan fingerprint density at radius 3 is 2.81 bits per heavy atom. The number of ether oxygens (including phenoxy) is 1. The lowest BCUT2D eigenvalue weighted by atomic mass is 9.91. The van der Waals surface area contributed by atoms with Crippen molar-refractivity contribution in [3.63, 3.8) is 0 Å². The molecule has 190 valence electrons. The predicted molar refractivity (Wildman–Crippen MR) is 142 cm³/mol. The first-order valence-electron chi connectivity index (χ1n) is 12.4. The maximum atomic E-state index is 12.6. The van der Waals surface area contributed by atoms with Crippen LogP contribution < -0.4 is 15.6 Å². The summed E-state index contributed by atoms with van der Waals surface area (Å²) >= 11 is 6.16. The van der Waals surface area contributed by atoms with E-state index in [1.54, 1.807) is 23.9 Å². The molecule has 1 unspecified atom stereocenters. The zero-order valence-electron chi connectivity index (χ0n) is 20.6. The molecule has 2 aliphatic rings. The first-order chi connectivity index (χ1) is 17.9. The second-order valence-corrected chi connectivity index (χ2v) is 10.2.